The summed E-state index contributed by atoms with van der Waals surface area (Å²) in [4.78, 5) is 13.0. The van der Waals surface area contributed by atoms with E-state index in [-0.39, 0.29) is 5.97 Å². The van der Waals surface area contributed by atoms with E-state index in [1.807, 2.05) is 66.2 Å². The number of aryl methyl sites for hydroxylation is 1. The normalized spacial score (nSPS) is 11.7. The van der Waals surface area contributed by atoms with E-state index in [0.29, 0.717) is 18.8 Å². The molecular weight excluding hydrogens is 440 g/mol. The Labute approximate surface area is 206 Å². The molecule has 0 aliphatic heterocycles. The Kier molecular flexibility index (Phi) is 7.51. The van der Waals surface area contributed by atoms with Crippen LogP contribution in [0, 0.1) is 6.92 Å². The van der Waals surface area contributed by atoms with E-state index in [2.05, 4.69) is 31.2 Å². The first-order valence-electron chi connectivity index (χ1n) is 11.6. The molecule has 1 atom stereocenters. The van der Waals surface area contributed by atoms with Gasteiger partial charge in [-0.3, -0.25) is 4.79 Å². The summed E-state index contributed by atoms with van der Waals surface area (Å²) < 4.78 is 18.2. The molecule has 3 aromatic carbocycles. The quantitative estimate of drug-likeness (QED) is 0.291. The van der Waals surface area contributed by atoms with Crippen molar-refractivity contribution in [1.82, 2.24) is 9.78 Å². The van der Waals surface area contributed by atoms with Gasteiger partial charge in [-0.2, -0.15) is 5.10 Å². The minimum Gasteiger partial charge on any atom is -0.497 e. The number of hydrogen-bond acceptors (Lipinski definition) is 5. The first-order valence-corrected chi connectivity index (χ1v) is 11.6. The van der Waals surface area contributed by atoms with Gasteiger partial charge in [0.1, 0.15) is 11.5 Å². The van der Waals surface area contributed by atoms with Gasteiger partial charge in [0.2, 0.25) is 0 Å². The standard InChI is InChI=1S/C29H30N2O4/c1-5-35-29(32)26(25-8-6-7-9-28(25)34-4)18-22-19-27(21-12-10-20(2)11-13-21)31(30-22)23-14-16-24(33-3)17-15-23/h6-17,19,26H,5,18H2,1-4H3. The van der Waals surface area contributed by atoms with Crippen molar-refractivity contribution in [1.29, 1.82) is 0 Å². The smallest absolute Gasteiger partial charge is 0.313 e. The number of nitrogens with zero attached hydrogens (tertiary/aromatic N) is 2. The molecule has 0 aliphatic carbocycles. The zero-order valence-electron chi connectivity index (χ0n) is 20.5. The van der Waals surface area contributed by atoms with Gasteiger partial charge in [-0.1, -0.05) is 48.0 Å². The Morgan fingerprint density at radius 3 is 2.31 bits per heavy atom. The van der Waals surface area contributed by atoms with Crippen LogP contribution in [0.1, 0.15) is 29.7 Å². The van der Waals surface area contributed by atoms with Crippen LogP contribution in [0.4, 0.5) is 0 Å². The number of ether oxygens (including phenoxy) is 3. The fraction of sp³-hybridized carbons (Fsp3) is 0.241. The number of esters is 1. The summed E-state index contributed by atoms with van der Waals surface area (Å²) in [6.07, 6.45) is 0.376. The number of hydrogen-bond donors (Lipinski definition) is 0. The lowest BCUT2D eigenvalue weighted by atomic mass is 9.93. The third-order valence-electron chi connectivity index (χ3n) is 5.92. The molecule has 1 aromatic heterocycles. The first-order chi connectivity index (χ1) is 17.0. The van der Waals surface area contributed by atoms with Crippen LogP contribution in [-0.4, -0.2) is 36.6 Å². The van der Waals surface area contributed by atoms with E-state index in [1.54, 1.807) is 14.2 Å². The summed E-state index contributed by atoms with van der Waals surface area (Å²) in [5.41, 5.74) is 5.62. The van der Waals surface area contributed by atoms with Crippen LogP contribution in [0.5, 0.6) is 11.5 Å². The first kappa shape index (κ1) is 24.1. The van der Waals surface area contributed by atoms with Crippen molar-refractivity contribution in [3.05, 3.63) is 95.7 Å². The Bertz CT molecular complexity index is 1280. The summed E-state index contributed by atoms with van der Waals surface area (Å²) in [7, 11) is 3.25. The van der Waals surface area contributed by atoms with Crippen LogP contribution in [0.3, 0.4) is 0 Å². The van der Waals surface area contributed by atoms with E-state index in [4.69, 9.17) is 19.3 Å². The number of carbonyl (C=O) groups is 1. The maximum atomic E-state index is 13.0. The highest BCUT2D eigenvalue weighted by Gasteiger charge is 2.27. The average molecular weight is 471 g/mol. The van der Waals surface area contributed by atoms with Gasteiger partial charge in [0.05, 0.1) is 43.8 Å². The van der Waals surface area contributed by atoms with E-state index < -0.39 is 5.92 Å². The van der Waals surface area contributed by atoms with Crippen molar-refractivity contribution >= 4 is 5.97 Å². The molecule has 0 saturated heterocycles. The lowest BCUT2D eigenvalue weighted by Crippen LogP contribution is -2.19. The van der Waals surface area contributed by atoms with Crippen molar-refractivity contribution in [2.45, 2.75) is 26.2 Å². The average Bonchev–Trinajstić information content (AvgIpc) is 3.31. The number of benzene rings is 3. The number of rotatable bonds is 9. The van der Waals surface area contributed by atoms with Crippen molar-refractivity contribution in [3.8, 4) is 28.4 Å². The highest BCUT2D eigenvalue weighted by Crippen LogP contribution is 2.32. The van der Waals surface area contributed by atoms with Crippen molar-refractivity contribution in [3.63, 3.8) is 0 Å². The van der Waals surface area contributed by atoms with Crippen molar-refractivity contribution < 1.29 is 19.0 Å². The minimum absolute atomic E-state index is 0.298. The molecule has 0 spiro atoms. The topological polar surface area (TPSA) is 62.6 Å². The molecule has 0 radical (unpaired) electrons. The summed E-state index contributed by atoms with van der Waals surface area (Å²) in [5, 5.41) is 4.93. The maximum absolute atomic E-state index is 13.0. The summed E-state index contributed by atoms with van der Waals surface area (Å²) in [6.45, 7) is 4.18. The van der Waals surface area contributed by atoms with Crippen molar-refractivity contribution in [2.75, 3.05) is 20.8 Å². The molecule has 35 heavy (non-hydrogen) atoms. The van der Waals surface area contributed by atoms with Crippen LogP contribution in [0.15, 0.2) is 78.9 Å². The van der Waals surface area contributed by atoms with Crippen LogP contribution < -0.4 is 9.47 Å². The van der Waals surface area contributed by atoms with Crippen LogP contribution in [0.2, 0.25) is 0 Å². The Balaban J connectivity index is 1.79. The predicted octanol–water partition coefficient (Wildman–Crippen LogP) is 5.75. The molecule has 0 N–H and O–H groups in total. The Morgan fingerprint density at radius 2 is 1.66 bits per heavy atom. The SMILES string of the molecule is CCOC(=O)C(Cc1cc(-c2ccc(C)cc2)n(-c2ccc(OC)cc2)n1)c1ccccc1OC. The van der Waals surface area contributed by atoms with Gasteiger partial charge in [0, 0.05) is 17.5 Å². The number of para-hydroxylation sites is 1. The van der Waals surface area contributed by atoms with Crippen molar-refractivity contribution in [2.24, 2.45) is 0 Å². The molecule has 6 heteroatoms. The number of carbonyl (C=O) groups excluding carboxylic acids is 1. The van der Waals surface area contributed by atoms with Crippen LogP contribution in [0.25, 0.3) is 16.9 Å². The highest BCUT2D eigenvalue weighted by molar-refractivity contribution is 5.79. The molecule has 0 aliphatic rings. The predicted molar refractivity (Wildman–Crippen MR) is 136 cm³/mol. The summed E-state index contributed by atoms with van der Waals surface area (Å²) in [5.74, 6) is 0.583. The van der Waals surface area contributed by atoms with Gasteiger partial charge in [0.15, 0.2) is 0 Å². The van der Waals surface area contributed by atoms with Gasteiger partial charge in [-0.15, -0.1) is 0 Å². The monoisotopic (exact) mass is 470 g/mol. The van der Waals surface area contributed by atoms with E-state index in [0.717, 1.165) is 34.0 Å². The second kappa shape index (κ2) is 10.9. The molecule has 180 valence electrons. The fourth-order valence-electron chi connectivity index (χ4n) is 4.11. The molecule has 6 nitrogen and oxygen atoms in total. The van der Waals surface area contributed by atoms with Gasteiger partial charge in [0.25, 0.3) is 0 Å². The molecule has 0 fully saturated rings. The fourth-order valence-corrected chi connectivity index (χ4v) is 4.11. The number of methoxy groups -OCH3 is 2. The second-order valence-electron chi connectivity index (χ2n) is 8.25. The zero-order chi connectivity index (χ0) is 24.8. The molecule has 1 heterocycles. The lowest BCUT2D eigenvalue weighted by Gasteiger charge is -2.17. The van der Waals surface area contributed by atoms with E-state index >= 15 is 0 Å². The Morgan fingerprint density at radius 1 is 0.943 bits per heavy atom. The van der Waals surface area contributed by atoms with Gasteiger partial charge in [-0.25, -0.2) is 4.68 Å². The van der Waals surface area contributed by atoms with Gasteiger partial charge >= 0.3 is 5.97 Å². The number of aromatic nitrogens is 2. The molecule has 0 saturated carbocycles. The molecule has 4 rings (SSSR count). The summed E-state index contributed by atoms with van der Waals surface area (Å²) in [6, 6.07) is 25.7. The van der Waals surface area contributed by atoms with Gasteiger partial charge in [-0.05, 0) is 50.2 Å². The molecular formula is C29H30N2O4. The second-order valence-corrected chi connectivity index (χ2v) is 8.25. The third kappa shape index (κ3) is 5.38. The largest absolute Gasteiger partial charge is 0.497 e. The lowest BCUT2D eigenvalue weighted by molar-refractivity contribution is -0.145. The molecule has 0 bridgehead atoms. The molecule has 1 unspecified atom stereocenters. The Hall–Kier alpha value is -4.06. The van der Waals surface area contributed by atoms with Gasteiger partial charge < -0.3 is 14.2 Å². The van der Waals surface area contributed by atoms with Crippen LogP contribution in [-0.2, 0) is 16.0 Å². The third-order valence-corrected chi connectivity index (χ3v) is 5.92. The van der Waals surface area contributed by atoms with E-state index in [9.17, 15) is 4.79 Å². The van der Waals surface area contributed by atoms with E-state index in [1.165, 1.54) is 5.56 Å². The summed E-state index contributed by atoms with van der Waals surface area (Å²) >= 11 is 0. The minimum atomic E-state index is -0.545. The highest BCUT2D eigenvalue weighted by atomic mass is 16.5. The maximum Gasteiger partial charge on any atom is 0.313 e. The molecule has 0 amide bonds. The van der Waals surface area contributed by atoms with Crippen LogP contribution >= 0.6 is 0 Å². The zero-order valence-corrected chi connectivity index (χ0v) is 20.5. The molecule has 4 aromatic rings.